The minimum atomic E-state index is -1.59. The molecule has 190 valence electrons. The first-order chi connectivity index (χ1) is 17.2. The van der Waals surface area contributed by atoms with Crippen LogP contribution in [-0.4, -0.2) is 52.5 Å². The number of guanidine groups is 1. The Hall–Kier alpha value is -4.41. The Morgan fingerprint density at radius 2 is 1.89 bits per heavy atom. The summed E-state index contributed by atoms with van der Waals surface area (Å²) in [5.74, 6) is -3.87. The second kappa shape index (κ2) is 11.8. The summed E-state index contributed by atoms with van der Waals surface area (Å²) in [6, 6.07) is 3.14. The highest BCUT2D eigenvalue weighted by molar-refractivity contribution is 6.07. The summed E-state index contributed by atoms with van der Waals surface area (Å²) < 4.78 is 6.06. The first-order valence-corrected chi connectivity index (χ1v) is 11.4. The Bertz CT molecular complexity index is 1180. The molecule has 1 amide bonds. The molecule has 2 unspecified atom stereocenters. The number of nitrogens with one attached hydrogen (secondary N) is 1. The van der Waals surface area contributed by atoms with E-state index in [1.54, 1.807) is 18.2 Å². The van der Waals surface area contributed by atoms with E-state index in [0.29, 0.717) is 29.8 Å². The summed E-state index contributed by atoms with van der Waals surface area (Å²) in [6.07, 6.45) is 8.07. The van der Waals surface area contributed by atoms with Crippen molar-refractivity contribution < 1.29 is 34.1 Å². The van der Waals surface area contributed by atoms with E-state index in [4.69, 9.17) is 21.3 Å². The highest BCUT2D eigenvalue weighted by Gasteiger charge is 2.29. The molecule has 1 saturated carbocycles. The summed E-state index contributed by atoms with van der Waals surface area (Å²) in [7, 11) is 0. The smallest absolute Gasteiger partial charge is 0.326 e. The number of carboxylic acids is 2. The van der Waals surface area contributed by atoms with E-state index < -0.39 is 30.3 Å². The van der Waals surface area contributed by atoms with Crippen LogP contribution in [0.5, 0.6) is 5.75 Å². The summed E-state index contributed by atoms with van der Waals surface area (Å²) in [4.78, 5) is 52.4. The van der Waals surface area contributed by atoms with Crippen molar-refractivity contribution in [1.82, 2.24) is 5.32 Å². The van der Waals surface area contributed by atoms with Gasteiger partial charge in [-0.25, -0.2) is 9.79 Å². The summed E-state index contributed by atoms with van der Waals surface area (Å²) >= 11 is 0. The summed E-state index contributed by atoms with van der Waals surface area (Å²) in [5, 5.41) is 20.7. The van der Waals surface area contributed by atoms with Gasteiger partial charge in [0.25, 0.3) is 5.91 Å². The van der Waals surface area contributed by atoms with Crippen LogP contribution in [0.25, 0.3) is 0 Å². The van der Waals surface area contributed by atoms with Gasteiger partial charge >= 0.3 is 11.9 Å². The number of amides is 1. The van der Waals surface area contributed by atoms with E-state index in [1.165, 1.54) is 24.3 Å². The maximum atomic E-state index is 13.1. The van der Waals surface area contributed by atoms with Gasteiger partial charge in [0.1, 0.15) is 11.8 Å². The molecule has 1 aliphatic heterocycles. The van der Waals surface area contributed by atoms with Crippen molar-refractivity contribution in [2.75, 3.05) is 6.61 Å². The topological polar surface area (TPSA) is 194 Å². The zero-order chi connectivity index (χ0) is 26.2. The van der Waals surface area contributed by atoms with Crippen LogP contribution in [0, 0.1) is 5.92 Å². The monoisotopic (exact) mass is 496 g/mol. The van der Waals surface area contributed by atoms with Crippen LogP contribution in [0.3, 0.4) is 0 Å². The van der Waals surface area contributed by atoms with Crippen LogP contribution in [-0.2, 0) is 14.4 Å². The van der Waals surface area contributed by atoms with Crippen molar-refractivity contribution in [3.05, 3.63) is 59.2 Å². The number of hydrogen-bond donors (Lipinski definition) is 5. The van der Waals surface area contributed by atoms with Gasteiger partial charge in [0.05, 0.1) is 24.3 Å². The molecule has 0 aromatic heterocycles. The predicted octanol–water partition coefficient (Wildman–Crippen LogP) is 1.81. The molecule has 1 heterocycles. The molecule has 1 fully saturated rings. The van der Waals surface area contributed by atoms with E-state index in [2.05, 4.69) is 10.3 Å². The fourth-order valence-corrected chi connectivity index (χ4v) is 4.19. The van der Waals surface area contributed by atoms with E-state index in [0.717, 1.165) is 18.4 Å². The molecular weight excluding hydrogens is 468 g/mol. The molecule has 1 aromatic rings. The fourth-order valence-electron chi connectivity index (χ4n) is 4.19. The number of fused-ring (bicyclic) bond motifs is 2. The maximum absolute atomic E-state index is 13.1. The van der Waals surface area contributed by atoms with Crippen LogP contribution in [0.4, 0.5) is 5.69 Å². The highest BCUT2D eigenvalue weighted by Crippen LogP contribution is 2.34. The molecule has 1 aromatic carbocycles. The Kier molecular flexibility index (Phi) is 8.61. The largest absolute Gasteiger partial charge is 0.492 e. The predicted molar refractivity (Wildman–Crippen MR) is 131 cm³/mol. The molecule has 3 rings (SSSR count). The average Bonchev–Trinajstić information content (AvgIpc) is 2.81. The van der Waals surface area contributed by atoms with E-state index in [1.807, 2.05) is 0 Å². The number of rotatable bonds is 6. The molecule has 36 heavy (non-hydrogen) atoms. The van der Waals surface area contributed by atoms with Gasteiger partial charge in [0, 0.05) is 17.6 Å². The highest BCUT2D eigenvalue weighted by atomic mass is 16.5. The second-order valence-electron chi connectivity index (χ2n) is 8.45. The van der Waals surface area contributed by atoms with Gasteiger partial charge in [-0.2, -0.15) is 0 Å². The maximum Gasteiger partial charge on any atom is 0.326 e. The van der Waals surface area contributed by atoms with Crippen LogP contribution in [0.2, 0.25) is 0 Å². The molecule has 11 nitrogen and oxygen atoms in total. The molecule has 0 saturated heterocycles. The van der Waals surface area contributed by atoms with Crippen LogP contribution >= 0.6 is 0 Å². The number of ether oxygens (including phenoxy) is 1. The van der Waals surface area contributed by atoms with Crippen molar-refractivity contribution in [3.8, 4) is 5.75 Å². The van der Waals surface area contributed by atoms with Gasteiger partial charge in [-0.05, 0) is 43.5 Å². The molecule has 2 aliphatic rings. The molecule has 2 atom stereocenters. The molecule has 0 bridgehead atoms. The number of carbonyl (C=O) groups excluding carboxylic acids is 2. The van der Waals surface area contributed by atoms with E-state index in [9.17, 15) is 24.3 Å². The van der Waals surface area contributed by atoms with Gasteiger partial charge in [-0.15, -0.1) is 0 Å². The number of carbonyl (C=O) groups is 4. The first kappa shape index (κ1) is 26.2. The average molecular weight is 497 g/mol. The minimum absolute atomic E-state index is 0.143. The molecule has 7 N–H and O–H groups in total. The number of nitrogens with two attached hydrogens (primary N) is 2. The molecule has 1 aliphatic carbocycles. The van der Waals surface area contributed by atoms with Crippen LogP contribution in [0.15, 0.2) is 58.6 Å². The Balaban J connectivity index is 2.00. The van der Waals surface area contributed by atoms with Crippen molar-refractivity contribution in [1.29, 1.82) is 0 Å². The third-order valence-electron chi connectivity index (χ3n) is 5.86. The van der Waals surface area contributed by atoms with Crippen molar-refractivity contribution >= 4 is 35.3 Å². The van der Waals surface area contributed by atoms with E-state index in [-0.39, 0.29) is 29.8 Å². The summed E-state index contributed by atoms with van der Waals surface area (Å²) in [6.45, 7) is 0.159. The Labute approximate surface area is 207 Å². The number of hydrogen-bond acceptors (Lipinski definition) is 6. The molecule has 0 radical (unpaired) electrons. The number of aliphatic imine (C=N–C) groups is 1. The van der Waals surface area contributed by atoms with Gasteiger partial charge in [-0.3, -0.25) is 14.4 Å². The zero-order valence-electron chi connectivity index (χ0n) is 19.5. The number of nitrogens with zero attached hydrogens (tertiary/aromatic N) is 1. The number of allylic oxidation sites excluding steroid dienone is 3. The lowest BCUT2D eigenvalue weighted by Gasteiger charge is -2.28. The number of ketones is 1. The second-order valence-corrected chi connectivity index (χ2v) is 8.45. The van der Waals surface area contributed by atoms with Crippen LogP contribution in [0.1, 0.15) is 42.5 Å². The van der Waals surface area contributed by atoms with Crippen molar-refractivity contribution in [3.63, 3.8) is 0 Å². The fraction of sp³-hybridized carbons (Fsp3) is 0.320. The Morgan fingerprint density at radius 3 is 2.58 bits per heavy atom. The first-order valence-electron chi connectivity index (χ1n) is 11.4. The van der Waals surface area contributed by atoms with E-state index >= 15 is 0 Å². The van der Waals surface area contributed by atoms with Crippen molar-refractivity contribution in [2.24, 2.45) is 22.4 Å². The summed E-state index contributed by atoms with van der Waals surface area (Å²) in [5.41, 5.74) is 12.7. The quantitative estimate of drug-likeness (QED) is 0.288. The SMILES string of the molecule is NC(N)=Nc1ccc2c(c1)OCC1CCCCC1=C(C(=O)NC(CC(=O)O)C(=O)O)C=CC=CC2=O. The van der Waals surface area contributed by atoms with Gasteiger partial charge in [-0.1, -0.05) is 24.1 Å². The van der Waals surface area contributed by atoms with Crippen molar-refractivity contribution in [2.45, 2.75) is 38.1 Å². The lowest BCUT2D eigenvalue weighted by atomic mass is 9.81. The van der Waals surface area contributed by atoms with Gasteiger partial charge in [0.15, 0.2) is 11.7 Å². The standard InChI is InChI=1S/C25H28N4O7/c26-25(27)28-15-9-10-18-20(30)8-4-3-7-17(23(33)29-19(24(34)35)12-22(31)32)16-6-2-1-5-14(16)13-36-21(18)11-15/h3-4,7-11,14,19H,1-2,5-6,12-13H2,(H,29,33)(H,31,32)(H,34,35)(H4,26,27,28). The molecule has 11 heteroatoms. The minimum Gasteiger partial charge on any atom is -0.492 e. The third kappa shape index (κ3) is 6.81. The molecule has 0 spiro atoms. The zero-order valence-corrected chi connectivity index (χ0v) is 19.5. The number of aliphatic carboxylic acids is 2. The number of carboxylic acid groups (broad SMARTS) is 2. The van der Waals surface area contributed by atoms with Crippen LogP contribution < -0.4 is 21.5 Å². The lowest BCUT2D eigenvalue weighted by Crippen LogP contribution is -2.43. The normalized spacial score (nSPS) is 18.4. The lowest BCUT2D eigenvalue weighted by molar-refractivity contribution is -0.146. The van der Waals surface area contributed by atoms with Gasteiger partial charge in [0.2, 0.25) is 0 Å². The number of benzene rings is 1. The molecular formula is C25H28N4O7. The van der Waals surface area contributed by atoms with Gasteiger partial charge < -0.3 is 31.7 Å². The Morgan fingerprint density at radius 1 is 1.14 bits per heavy atom. The third-order valence-corrected chi connectivity index (χ3v) is 5.86.